The molecule has 3 fully saturated rings. The Kier molecular flexibility index (Phi) is 1.69. The van der Waals surface area contributed by atoms with Crippen LogP contribution in [0.25, 0.3) is 0 Å². The van der Waals surface area contributed by atoms with Gasteiger partial charge in [0.15, 0.2) is 0 Å². The zero-order valence-electron chi connectivity index (χ0n) is 7.42. The molecule has 0 saturated carbocycles. The molecule has 0 radical (unpaired) electrons. The predicted molar refractivity (Wildman–Crippen MR) is 45.9 cm³/mol. The first-order valence-electron chi connectivity index (χ1n) is 4.88. The third kappa shape index (κ3) is 1.00. The van der Waals surface area contributed by atoms with Crippen molar-refractivity contribution in [3.63, 3.8) is 0 Å². The summed E-state index contributed by atoms with van der Waals surface area (Å²) in [6, 6.07) is 0. The first kappa shape index (κ1) is 7.56. The van der Waals surface area contributed by atoms with Gasteiger partial charge in [-0.05, 0) is 25.7 Å². The minimum Gasteiger partial charge on any atom is -0.309 e. The fraction of sp³-hybridized carbons (Fsp3) is 1.00. The topological polar surface area (TPSA) is 26.0 Å². The second-order valence-electron chi connectivity index (χ2n) is 4.23. The van der Waals surface area contributed by atoms with Crippen LogP contribution in [0.15, 0.2) is 0 Å². The molecule has 2 N–H and O–H groups in total. The molecule has 64 valence electrons. The van der Waals surface area contributed by atoms with Gasteiger partial charge in [-0.15, -0.1) is 0 Å². The van der Waals surface area contributed by atoms with Crippen LogP contribution in [0.2, 0.25) is 0 Å². The highest BCUT2D eigenvalue weighted by molar-refractivity contribution is 4.75. The molecule has 3 heterocycles. The van der Waals surface area contributed by atoms with E-state index in [2.05, 4.69) is 6.92 Å². The first-order valence-corrected chi connectivity index (χ1v) is 4.88. The number of piperidine rings is 3. The smallest absolute Gasteiger partial charge is 0.140 e. The molecule has 3 saturated heterocycles. The van der Waals surface area contributed by atoms with Gasteiger partial charge in [-0.25, -0.2) is 0 Å². The van der Waals surface area contributed by atoms with E-state index in [9.17, 15) is 0 Å². The third-order valence-electron chi connectivity index (χ3n) is 3.87. The van der Waals surface area contributed by atoms with E-state index in [1.165, 1.54) is 43.4 Å². The van der Waals surface area contributed by atoms with Crippen LogP contribution in [0.5, 0.6) is 0 Å². The quantitative estimate of drug-likeness (QED) is 0.560. The minimum atomic E-state index is 0.465. The molecule has 0 aromatic heterocycles. The van der Waals surface area contributed by atoms with Gasteiger partial charge in [0.25, 0.3) is 0 Å². The molecule has 2 heteroatoms. The number of rotatable bonds is 1. The molecule has 0 aliphatic carbocycles. The molecular weight excluding hydrogens is 136 g/mol. The summed E-state index contributed by atoms with van der Waals surface area (Å²) in [5.41, 5.74) is 6.14. The van der Waals surface area contributed by atoms with Crippen molar-refractivity contribution in [2.75, 3.05) is 19.6 Å². The van der Waals surface area contributed by atoms with Crippen molar-refractivity contribution in [3.8, 4) is 0 Å². The standard InChI is InChI=1S/C9H19N2/c1-2-11-5-3-8(4-6-11)7-9(11)10/h8-9H,2-7,10H2,1H3/q+1. The highest BCUT2D eigenvalue weighted by Gasteiger charge is 2.44. The number of quaternary nitrogens is 1. The van der Waals surface area contributed by atoms with E-state index in [-0.39, 0.29) is 0 Å². The Morgan fingerprint density at radius 3 is 2.36 bits per heavy atom. The molecular formula is C9H19N2+. The second-order valence-corrected chi connectivity index (χ2v) is 4.23. The van der Waals surface area contributed by atoms with Crippen molar-refractivity contribution in [1.82, 2.24) is 0 Å². The lowest BCUT2D eigenvalue weighted by Gasteiger charge is -2.52. The third-order valence-corrected chi connectivity index (χ3v) is 3.87. The summed E-state index contributed by atoms with van der Waals surface area (Å²) in [4.78, 5) is 0. The van der Waals surface area contributed by atoms with Crippen LogP contribution in [0, 0.1) is 5.92 Å². The maximum absolute atomic E-state index is 6.14. The number of fused-ring (bicyclic) bond motifs is 3. The highest BCUT2D eigenvalue weighted by atomic mass is 15.4. The zero-order valence-corrected chi connectivity index (χ0v) is 7.42. The molecule has 11 heavy (non-hydrogen) atoms. The van der Waals surface area contributed by atoms with E-state index in [1.807, 2.05) is 0 Å². The van der Waals surface area contributed by atoms with E-state index in [1.54, 1.807) is 0 Å². The largest absolute Gasteiger partial charge is 0.309 e. The summed E-state index contributed by atoms with van der Waals surface area (Å²) in [6.45, 7) is 6.23. The summed E-state index contributed by atoms with van der Waals surface area (Å²) >= 11 is 0. The maximum Gasteiger partial charge on any atom is 0.140 e. The summed E-state index contributed by atoms with van der Waals surface area (Å²) in [5, 5.41) is 0. The van der Waals surface area contributed by atoms with Gasteiger partial charge in [0.1, 0.15) is 6.17 Å². The molecule has 2 bridgehead atoms. The van der Waals surface area contributed by atoms with Crippen molar-refractivity contribution in [2.45, 2.75) is 32.4 Å². The van der Waals surface area contributed by atoms with Crippen LogP contribution >= 0.6 is 0 Å². The van der Waals surface area contributed by atoms with E-state index in [0.717, 1.165) is 5.92 Å². The van der Waals surface area contributed by atoms with Gasteiger partial charge in [-0.3, -0.25) is 5.73 Å². The second kappa shape index (κ2) is 2.46. The fourth-order valence-electron chi connectivity index (χ4n) is 2.82. The van der Waals surface area contributed by atoms with Gasteiger partial charge in [-0.2, -0.15) is 0 Å². The normalized spacial score (nSPS) is 49.6. The summed E-state index contributed by atoms with van der Waals surface area (Å²) in [6.07, 6.45) is 4.62. The SMILES string of the molecule is CC[N+]12CCC(CC1)CC2N. The van der Waals surface area contributed by atoms with E-state index in [4.69, 9.17) is 5.73 Å². The van der Waals surface area contributed by atoms with Crippen LogP contribution in [-0.2, 0) is 0 Å². The Morgan fingerprint density at radius 1 is 1.36 bits per heavy atom. The van der Waals surface area contributed by atoms with Gasteiger partial charge in [0, 0.05) is 6.42 Å². The zero-order chi connectivity index (χ0) is 7.90. The van der Waals surface area contributed by atoms with Crippen LogP contribution in [0.3, 0.4) is 0 Å². The molecule has 1 unspecified atom stereocenters. The van der Waals surface area contributed by atoms with Gasteiger partial charge in [0.2, 0.25) is 0 Å². The molecule has 3 rings (SSSR count). The van der Waals surface area contributed by atoms with Crippen LogP contribution in [-0.4, -0.2) is 30.3 Å². The lowest BCUT2D eigenvalue weighted by Crippen LogP contribution is -2.67. The molecule has 2 nitrogen and oxygen atoms in total. The molecule has 0 aromatic rings. The number of nitrogens with two attached hydrogens (primary N) is 1. The summed E-state index contributed by atoms with van der Waals surface area (Å²) in [7, 11) is 0. The number of nitrogens with zero attached hydrogens (tertiary/aromatic N) is 1. The average molecular weight is 155 g/mol. The van der Waals surface area contributed by atoms with Gasteiger partial charge < -0.3 is 4.48 Å². The summed E-state index contributed by atoms with van der Waals surface area (Å²) in [5.74, 6) is 0.969. The molecule has 0 amide bonds. The number of hydrogen-bond acceptors (Lipinski definition) is 1. The predicted octanol–water partition coefficient (Wildman–Crippen LogP) is 0.922. The van der Waals surface area contributed by atoms with Crippen LogP contribution in [0.1, 0.15) is 26.2 Å². The van der Waals surface area contributed by atoms with Crippen molar-refractivity contribution in [1.29, 1.82) is 0 Å². The Balaban J connectivity index is 2.16. The van der Waals surface area contributed by atoms with Gasteiger partial charge in [-0.1, -0.05) is 0 Å². The van der Waals surface area contributed by atoms with Crippen molar-refractivity contribution >= 4 is 0 Å². The average Bonchev–Trinajstić information content (AvgIpc) is 2.07. The Bertz CT molecular complexity index is 148. The fourth-order valence-corrected chi connectivity index (χ4v) is 2.82. The first-order chi connectivity index (χ1) is 5.27. The van der Waals surface area contributed by atoms with Crippen molar-refractivity contribution < 1.29 is 4.48 Å². The molecule has 3 aliphatic rings. The Hall–Kier alpha value is -0.0800. The van der Waals surface area contributed by atoms with Crippen molar-refractivity contribution in [2.24, 2.45) is 11.7 Å². The molecule has 0 aromatic carbocycles. The van der Waals surface area contributed by atoms with E-state index in [0.29, 0.717) is 6.17 Å². The highest BCUT2D eigenvalue weighted by Crippen LogP contribution is 2.35. The molecule has 1 atom stereocenters. The van der Waals surface area contributed by atoms with Gasteiger partial charge in [0.05, 0.1) is 19.6 Å². The van der Waals surface area contributed by atoms with Crippen LogP contribution < -0.4 is 5.73 Å². The monoisotopic (exact) mass is 155 g/mol. The molecule has 0 spiro atoms. The minimum absolute atomic E-state index is 0.465. The maximum atomic E-state index is 6.14. The van der Waals surface area contributed by atoms with E-state index < -0.39 is 0 Å². The number of hydrogen-bond donors (Lipinski definition) is 1. The van der Waals surface area contributed by atoms with Gasteiger partial charge >= 0.3 is 0 Å². The lowest BCUT2D eigenvalue weighted by atomic mass is 9.84. The summed E-state index contributed by atoms with van der Waals surface area (Å²) < 4.78 is 1.22. The molecule has 3 aliphatic heterocycles. The van der Waals surface area contributed by atoms with Crippen LogP contribution in [0.4, 0.5) is 0 Å². The van der Waals surface area contributed by atoms with E-state index >= 15 is 0 Å². The Morgan fingerprint density at radius 2 is 2.00 bits per heavy atom. The Labute approximate surface area is 69.0 Å². The lowest BCUT2D eigenvalue weighted by molar-refractivity contribution is -0.964. The van der Waals surface area contributed by atoms with Crippen molar-refractivity contribution in [3.05, 3.63) is 0 Å².